The summed E-state index contributed by atoms with van der Waals surface area (Å²) in [7, 11) is 6.16. The Morgan fingerprint density at radius 1 is 1.19 bits per heavy atom. The average molecular weight is 497 g/mol. The fraction of sp³-hybridized carbons (Fsp3) is 0.321. The number of ether oxygens (including phenoxy) is 1. The molecule has 0 amide bonds. The molecule has 0 unspecified atom stereocenters. The second kappa shape index (κ2) is 10.1. The Kier molecular flexibility index (Phi) is 6.70. The molecule has 1 aliphatic heterocycles. The Balaban J connectivity index is 1.53. The molecule has 0 fully saturated rings. The van der Waals surface area contributed by atoms with Crippen molar-refractivity contribution in [2.45, 2.75) is 20.1 Å². The zero-order chi connectivity index (χ0) is 26.1. The highest BCUT2D eigenvalue weighted by Crippen LogP contribution is 2.38. The summed E-state index contributed by atoms with van der Waals surface area (Å²) in [5.74, 6) is 0.408. The van der Waals surface area contributed by atoms with Gasteiger partial charge >= 0.3 is 0 Å². The largest absolute Gasteiger partial charge is 0.397 e. The number of nitrogens with zero attached hydrogens (tertiary/aromatic N) is 6. The first-order chi connectivity index (χ1) is 17.9. The number of anilines is 4. The van der Waals surface area contributed by atoms with E-state index in [1.54, 1.807) is 6.20 Å². The van der Waals surface area contributed by atoms with E-state index in [0.717, 1.165) is 58.7 Å². The molecule has 0 saturated heterocycles. The van der Waals surface area contributed by atoms with E-state index in [-0.39, 0.29) is 0 Å². The van der Waals surface area contributed by atoms with Gasteiger partial charge < -0.3 is 30.2 Å². The third-order valence-corrected chi connectivity index (χ3v) is 6.84. The summed E-state index contributed by atoms with van der Waals surface area (Å²) in [6.45, 7) is 5.73. The predicted molar refractivity (Wildman–Crippen MR) is 148 cm³/mol. The summed E-state index contributed by atoms with van der Waals surface area (Å²) in [4.78, 5) is 13.6. The Labute approximate surface area is 217 Å². The maximum absolute atomic E-state index is 9.90. The molecule has 5 rings (SSSR count). The molecule has 9 nitrogen and oxygen atoms in total. The van der Waals surface area contributed by atoms with Gasteiger partial charge in [-0.2, -0.15) is 5.26 Å². The van der Waals surface area contributed by atoms with Crippen molar-refractivity contribution in [3.63, 3.8) is 0 Å². The van der Waals surface area contributed by atoms with Gasteiger partial charge in [0.05, 0.1) is 47.7 Å². The quantitative estimate of drug-likeness (QED) is 0.368. The average Bonchev–Trinajstić information content (AvgIpc) is 3.23. The van der Waals surface area contributed by atoms with E-state index in [9.17, 15) is 5.26 Å². The molecule has 190 valence electrons. The van der Waals surface area contributed by atoms with E-state index in [1.807, 2.05) is 32.2 Å². The van der Waals surface area contributed by atoms with Gasteiger partial charge in [-0.05, 0) is 44.8 Å². The molecule has 1 aliphatic rings. The molecule has 3 N–H and O–H groups in total. The zero-order valence-corrected chi connectivity index (χ0v) is 21.7. The van der Waals surface area contributed by atoms with Crippen molar-refractivity contribution in [2.75, 3.05) is 56.8 Å². The van der Waals surface area contributed by atoms with Crippen LogP contribution in [0.5, 0.6) is 0 Å². The molecule has 4 aromatic rings. The molecule has 3 heterocycles. The summed E-state index contributed by atoms with van der Waals surface area (Å²) < 4.78 is 8.06. The van der Waals surface area contributed by atoms with Gasteiger partial charge in [0.15, 0.2) is 0 Å². The van der Waals surface area contributed by atoms with Gasteiger partial charge in [0, 0.05) is 48.8 Å². The number of para-hydroxylation sites is 1. The van der Waals surface area contributed by atoms with Gasteiger partial charge in [0.25, 0.3) is 0 Å². The number of aromatic nitrogens is 3. The molecular formula is C28H32N8O. The van der Waals surface area contributed by atoms with Crippen molar-refractivity contribution in [3.05, 3.63) is 59.4 Å². The van der Waals surface area contributed by atoms with Crippen molar-refractivity contribution in [1.29, 1.82) is 5.26 Å². The Hall–Kier alpha value is -4.13. The van der Waals surface area contributed by atoms with Crippen LogP contribution in [0.2, 0.25) is 0 Å². The number of nitrogens with two attached hydrogens (primary N) is 1. The molecule has 9 heteroatoms. The van der Waals surface area contributed by atoms with E-state index in [4.69, 9.17) is 15.5 Å². The number of nitriles is 1. The Morgan fingerprint density at radius 3 is 2.78 bits per heavy atom. The smallest absolute Gasteiger partial charge is 0.227 e. The van der Waals surface area contributed by atoms with Crippen LogP contribution in [0.4, 0.5) is 23.0 Å². The maximum Gasteiger partial charge on any atom is 0.227 e. The molecule has 0 saturated carbocycles. The van der Waals surface area contributed by atoms with Crippen molar-refractivity contribution in [1.82, 2.24) is 19.4 Å². The van der Waals surface area contributed by atoms with Crippen molar-refractivity contribution in [2.24, 2.45) is 0 Å². The van der Waals surface area contributed by atoms with E-state index < -0.39 is 0 Å². The molecule has 37 heavy (non-hydrogen) atoms. The van der Waals surface area contributed by atoms with Crippen molar-refractivity contribution < 1.29 is 4.74 Å². The number of likely N-dealkylation sites (N-methyl/N-ethyl adjacent to an activating group) is 2. The van der Waals surface area contributed by atoms with Crippen LogP contribution in [0, 0.1) is 18.3 Å². The minimum absolute atomic E-state index is 0.408. The lowest BCUT2D eigenvalue weighted by Crippen LogP contribution is -2.29. The van der Waals surface area contributed by atoms with Gasteiger partial charge in [0.1, 0.15) is 6.07 Å². The lowest BCUT2D eigenvalue weighted by Gasteiger charge is -2.24. The minimum atomic E-state index is 0.408. The van der Waals surface area contributed by atoms with Crippen LogP contribution in [-0.4, -0.2) is 60.3 Å². The minimum Gasteiger partial charge on any atom is -0.397 e. The molecule has 0 spiro atoms. The van der Waals surface area contributed by atoms with E-state index in [1.165, 1.54) is 0 Å². The lowest BCUT2D eigenvalue weighted by atomic mass is 10.0. The summed E-state index contributed by atoms with van der Waals surface area (Å²) >= 11 is 0. The SMILES string of the molecule is Cc1cc(N(C)CCN(C)C)c(N)cc1Nc1ncc(C#N)c(-c2c3n(c4ccccc24)CCOC3)n1. The van der Waals surface area contributed by atoms with E-state index in [0.29, 0.717) is 36.1 Å². The standard InChI is InChI=1S/C28H32N8O/c1-18-13-24(35(4)10-9-34(2)3)21(30)14-22(18)32-28-31-16-19(15-29)27(33-28)26-20-7-5-6-8-23(20)36-11-12-37-17-25(26)36/h5-8,13-14,16H,9-12,17,30H2,1-4H3,(H,31,32,33). The highest BCUT2D eigenvalue weighted by atomic mass is 16.5. The first-order valence-corrected chi connectivity index (χ1v) is 12.4. The first kappa shape index (κ1) is 24.6. The molecule has 0 aliphatic carbocycles. The van der Waals surface area contributed by atoms with Crippen molar-refractivity contribution in [3.8, 4) is 17.3 Å². The first-order valence-electron chi connectivity index (χ1n) is 12.4. The summed E-state index contributed by atoms with van der Waals surface area (Å²) in [6, 6.07) is 14.5. The van der Waals surface area contributed by atoms with Crippen LogP contribution in [0.15, 0.2) is 42.6 Å². The number of hydrogen-bond acceptors (Lipinski definition) is 8. The Morgan fingerprint density at radius 2 is 2.00 bits per heavy atom. The van der Waals surface area contributed by atoms with Crippen LogP contribution >= 0.6 is 0 Å². The number of nitrogens with one attached hydrogen (secondary N) is 1. The van der Waals surface area contributed by atoms with Gasteiger partial charge in [-0.3, -0.25) is 0 Å². The molecule has 0 atom stereocenters. The van der Waals surface area contributed by atoms with Crippen LogP contribution in [0.3, 0.4) is 0 Å². The molecule has 0 bridgehead atoms. The summed E-state index contributed by atoms with van der Waals surface area (Å²) in [5.41, 5.74) is 14.0. The van der Waals surface area contributed by atoms with Crippen LogP contribution in [0.1, 0.15) is 16.8 Å². The van der Waals surface area contributed by atoms with Crippen LogP contribution in [0.25, 0.3) is 22.2 Å². The predicted octanol–water partition coefficient (Wildman–Crippen LogP) is 4.13. The molecular weight excluding hydrogens is 464 g/mol. The van der Waals surface area contributed by atoms with Gasteiger partial charge in [0.2, 0.25) is 5.95 Å². The summed E-state index contributed by atoms with van der Waals surface area (Å²) in [5, 5.41) is 14.3. The lowest BCUT2D eigenvalue weighted by molar-refractivity contribution is 0.0869. The fourth-order valence-electron chi connectivity index (χ4n) is 4.83. The fourth-order valence-corrected chi connectivity index (χ4v) is 4.83. The normalized spacial score (nSPS) is 13.0. The second-order valence-corrected chi connectivity index (χ2v) is 9.69. The third-order valence-electron chi connectivity index (χ3n) is 6.84. The monoisotopic (exact) mass is 496 g/mol. The number of hydrogen-bond donors (Lipinski definition) is 2. The van der Waals surface area contributed by atoms with Gasteiger partial charge in [-0.1, -0.05) is 18.2 Å². The van der Waals surface area contributed by atoms with E-state index in [2.05, 4.69) is 63.0 Å². The second-order valence-electron chi connectivity index (χ2n) is 9.69. The molecule has 2 aromatic carbocycles. The Bertz CT molecular complexity index is 1500. The van der Waals surface area contributed by atoms with Gasteiger partial charge in [-0.25, -0.2) is 9.97 Å². The highest BCUT2D eigenvalue weighted by molar-refractivity contribution is 5.98. The topological polar surface area (TPSA) is 108 Å². The number of rotatable bonds is 7. The van der Waals surface area contributed by atoms with Crippen LogP contribution in [-0.2, 0) is 17.9 Å². The number of nitrogen functional groups attached to an aromatic ring is 1. The zero-order valence-electron chi connectivity index (χ0n) is 21.7. The third kappa shape index (κ3) is 4.69. The highest BCUT2D eigenvalue weighted by Gasteiger charge is 2.24. The number of fused-ring (bicyclic) bond motifs is 3. The summed E-state index contributed by atoms with van der Waals surface area (Å²) in [6.07, 6.45) is 1.58. The van der Waals surface area contributed by atoms with E-state index >= 15 is 0 Å². The van der Waals surface area contributed by atoms with Crippen LogP contribution < -0.4 is 16.0 Å². The number of benzene rings is 2. The molecule has 2 aromatic heterocycles. The maximum atomic E-state index is 9.90. The van der Waals surface area contributed by atoms with Gasteiger partial charge in [-0.15, -0.1) is 0 Å². The van der Waals surface area contributed by atoms with Crippen molar-refractivity contribution >= 4 is 33.9 Å². The molecule has 0 radical (unpaired) electrons. The number of aryl methyl sites for hydroxylation is 1.